The number of amides is 1. The number of benzene rings is 1. The molecule has 0 saturated carbocycles. The molecule has 35 heavy (non-hydrogen) atoms. The van der Waals surface area contributed by atoms with Crippen LogP contribution in [0.15, 0.2) is 47.4 Å². The van der Waals surface area contributed by atoms with E-state index in [-0.39, 0.29) is 17.5 Å². The Bertz CT molecular complexity index is 1370. The molecule has 182 valence electrons. The van der Waals surface area contributed by atoms with Crippen LogP contribution < -0.4 is 20.5 Å². The Morgan fingerprint density at radius 1 is 1.23 bits per heavy atom. The number of anilines is 1. The molecule has 1 saturated heterocycles. The molecule has 1 aromatic carbocycles. The maximum absolute atomic E-state index is 14.5. The lowest BCUT2D eigenvalue weighted by atomic mass is 10.1. The molecular formula is C25H26FN5O4. The number of carbonyl (C=O) groups is 1. The van der Waals surface area contributed by atoms with Gasteiger partial charge in [-0.05, 0) is 55.1 Å². The summed E-state index contributed by atoms with van der Waals surface area (Å²) >= 11 is 0. The van der Waals surface area contributed by atoms with Crippen LogP contribution in [-0.2, 0) is 24.6 Å². The highest BCUT2D eigenvalue weighted by Crippen LogP contribution is 2.27. The highest BCUT2D eigenvalue weighted by atomic mass is 19.1. The normalized spacial score (nSPS) is 17.4. The van der Waals surface area contributed by atoms with E-state index in [1.807, 2.05) is 0 Å². The molecule has 1 fully saturated rings. The van der Waals surface area contributed by atoms with Crippen LogP contribution in [0.25, 0.3) is 10.9 Å². The zero-order valence-corrected chi connectivity index (χ0v) is 19.4. The molecule has 2 aliphatic rings. The number of nitrogens with one attached hydrogen (secondary N) is 1. The summed E-state index contributed by atoms with van der Waals surface area (Å²) in [7, 11) is 1.65. The molecule has 3 aromatic rings. The largest absolute Gasteiger partial charge is 0.472 e. The van der Waals surface area contributed by atoms with Crippen molar-refractivity contribution < 1.29 is 18.7 Å². The summed E-state index contributed by atoms with van der Waals surface area (Å²) in [5, 5.41) is 4.11. The molecule has 1 N–H and O–H groups in total. The molecule has 2 aromatic heterocycles. The van der Waals surface area contributed by atoms with E-state index in [4.69, 9.17) is 9.47 Å². The topological polar surface area (TPSA) is 98.6 Å². The summed E-state index contributed by atoms with van der Waals surface area (Å²) < 4.78 is 27.0. The number of pyridine rings is 1. The van der Waals surface area contributed by atoms with E-state index >= 15 is 0 Å². The molecule has 10 heteroatoms. The summed E-state index contributed by atoms with van der Waals surface area (Å²) in [5.74, 6) is 0.567. The summed E-state index contributed by atoms with van der Waals surface area (Å²) in [5.41, 5.74) is 2.51. The van der Waals surface area contributed by atoms with E-state index in [1.54, 1.807) is 19.2 Å². The number of ether oxygens (including phenoxy) is 2. The van der Waals surface area contributed by atoms with Crippen LogP contribution >= 0.6 is 0 Å². The van der Waals surface area contributed by atoms with Gasteiger partial charge in [-0.2, -0.15) is 0 Å². The Morgan fingerprint density at radius 2 is 2.06 bits per heavy atom. The molecule has 0 aliphatic carbocycles. The van der Waals surface area contributed by atoms with Crippen LogP contribution in [0.4, 0.5) is 15.0 Å². The fraction of sp³-hybridized carbons (Fsp3) is 0.360. The molecule has 5 rings (SSSR count). The van der Waals surface area contributed by atoms with Crippen LogP contribution in [0.3, 0.4) is 0 Å². The van der Waals surface area contributed by atoms with Crippen molar-refractivity contribution in [2.75, 3.05) is 31.1 Å². The molecule has 0 spiro atoms. The van der Waals surface area contributed by atoms with Crippen molar-refractivity contribution in [2.24, 2.45) is 7.05 Å². The van der Waals surface area contributed by atoms with Crippen molar-refractivity contribution in [1.29, 1.82) is 0 Å². The minimum Gasteiger partial charge on any atom is -0.472 e. The number of nitrogens with zero attached hydrogens (tertiary/aromatic N) is 4. The number of aromatic nitrogens is 3. The van der Waals surface area contributed by atoms with Crippen molar-refractivity contribution in [2.45, 2.75) is 25.4 Å². The van der Waals surface area contributed by atoms with Gasteiger partial charge in [0.15, 0.2) is 5.82 Å². The molecule has 0 unspecified atom stereocenters. The maximum atomic E-state index is 14.5. The van der Waals surface area contributed by atoms with Gasteiger partial charge in [0.1, 0.15) is 24.2 Å². The minimum atomic E-state index is -0.460. The van der Waals surface area contributed by atoms with E-state index in [0.29, 0.717) is 74.0 Å². The first-order valence-electron chi connectivity index (χ1n) is 11.5. The lowest BCUT2D eigenvalue weighted by molar-refractivity contribution is 0.136. The third-order valence-corrected chi connectivity index (χ3v) is 6.30. The first-order chi connectivity index (χ1) is 16.9. The van der Waals surface area contributed by atoms with Crippen LogP contribution in [0, 0.1) is 5.82 Å². The van der Waals surface area contributed by atoms with Gasteiger partial charge in [-0.25, -0.2) is 19.2 Å². The predicted octanol–water partition coefficient (Wildman–Crippen LogP) is 2.51. The average Bonchev–Trinajstić information content (AvgIpc) is 3.22. The zero-order valence-electron chi connectivity index (χ0n) is 19.4. The molecule has 4 heterocycles. The number of halogens is 1. The van der Waals surface area contributed by atoms with Gasteiger partial charge in [-0.1, -0.05) is 6.58 Å². The van der Waals surface area contributed by atoms with Crippen LogP contribution in [-0.4, -0.2) is 53.0 Å². The zero-order chi connectivity index (χ0) is 24.5. The molecule has 2 aliphatic heterocycles. The van der Waals surface area contributed by atoms with Gasteiger partial charge in [-0.3, -0.25) is 9.69 Å². The number of hydrogen-bond acceptors (Lipinski definition) is 7. The average molecular weight is 480 g/mol. The third-order valence-electron chi connectivity index (χ3n) is 6.30. The number of aryl methyl sites for hydroxylation is 1. The van der Waals surface area contributed by atoms with Crippen molar-refractivity contribution in [3.63, 3.8) is 0 Å². The van der Waals surface area contributed by atoms with Crippen LogP contribution in [0.5, 0.6) is 5.88 Å². The van der Waals surface area contributed by atoms with E-state index < -0.39 is 6.09 Å². The van der Waals surface area contributed by atoms with Gasteiger partial charge < -0.3 is 19.4 Å². The second-order valence-electron chi connectivity index (χ2n) is 8.79. The third kappa shape index (κ3) is 4.61. The molecule has 0 bridgehead atoms. The monoisotopic (exact) mass is 479 g/mol. The van der Waals surface area contributed by atoms with Gasteiger partial charge in [0.05, 0.1) is 18.3 Å². The van der Waals surface area contributed by atoms with Crippen molar-refractivity contribution >= 4 is 22.8 Å². The summed E-state index contributed by atoms with van der Waals surface area (Å²) in [6.07, 6.45) is 2.35. The van der Waals surface area contributed by atoms with E-state index in [0.717, 1.165) is 11.0 Å². The Balaban J connectivity index is 1.15. The van der Waals surface area contributed by atoms with Gasteiger partial charge >= 0.3 is 6.09 Å². The smallest absolute Gasteiger partial charge is 0.415 e. The van der Waals surface area contributed by atoms with Gasteiger partial charge in [-0.15, -0.1) is 0 Å². The van der Waals surface area contributed by atoms with E-state index in [9.17, 15) is 14.0 Å². The highest BCUT2D eigenvalue weighted by Gasteiger charge is 2.33. The molecule has 0 radical (unpaired) electrons. The Morgan fingerprint density at radius 3 is 2.91 bits per heavy atom. The molecule has 9 nitrogen and oxygen atoms in total. The second-order valence-corrected chi connectivity index (χ2v) is 8.79. The van der Waals surface area contributed by atoms with E-state index in [1.165, 1.54) is 27.8 Å². The van der Waals surface area contributed by atoms with Gasteiger partial charge in [0, 0.05) is 25.1 Å². The number of fused-ring (bicyclic) bond motifs is 2. The van der Waals surface area contributed by atoms with Crippen LogP contribution in [0.2, 0.25) is 0 Å². The van der Waals surface area contributed by atoms with Gasteiger partial charge in [0.25, 0.3) is 5.56 Å². The fourth-order valence-electron chi connectivity index (χ4n) is 4.47. The summed E-state index contributed by atoms with van der Waals surface area (Å²) in [6, 6.07) is 6.30. The Labute approximate surface area is 201 Å². The van der Waals surface area contributed by atoms with Gasteiger partial charge in [0.2, 0.25) is 5.88 Å². The second kappa shape index (κ2) is 9.46. The first-order valence-corrected chi connectivity index (χ1v) is 11.5. The molecular weight excluding hydrogens is 453 g/mol. The lowest BCUT2D eigenvalue weighted by Crippen LogP contribution is -2.28. The number of hydrogen-bond donors (Lipinski definition) is 1. The Hall–Kier alpha value is -3.79. The lowest BCUT2D eigenvalue weighted by Gasteiger charge is -2.19. The van der Waals surface area contributed by atoms with Crippen molar-refractivity contribution in [3.8, 4) is 5.88 Å². The standard InChI is InChI=1S/C25H26FN5O4/c1-15-11-20-24(34-14-15)28-12-21(29-20)31-13-17(35-25(31)33)7-9-27-10-8-18-19(26)5-3-16-4-6-22(32)30(2)23(16)18/h3-6,12,17,27H,1,7-11,13-14H2,2H3/t17-/m1/s1. The number of carbonyl (C=O) groups excluding carboxylic acids is 1. The first kappa shape index (κ1) is 23.0. The predicted molar refractivity (Wildman–Crippen MR) is 128 cm³/mol. The van der Waals surface area contributed by atoms with Crippen LogP contribution in [0.1, 0.15) is 17.7 Å². The minimum absolute atomic E-state index is 0.175. The van der Waals surface area contributed by atoms with Crippen molar-refractivity contribution in [1.82, 2.24) is 19.9 Å². The maximum Gasteiger partial charge on any atom is 0.415 e. The quantitative estimate of drug-likeness (QED) is 0.411. The molecule has 1 atom stereocenters. The summed E-state index contributed by atoms with van der Waals surface area (Å²) in [4.78, 5) is 34.7. The molecule has 1 amide bonds. The van der Waals surface area contributed by atoms with Crippen molar-refractivity contribution in [3.05, 3.63) is 70.0 Å². The fourth-order valence-corrected chi connectivity index (χ4v) is 4.47. The number of cyclic esters (lactones) is 1. The summed E-state index contributed by atoms with van der Waals surface area (Å²) in [6.45, 7) is 5.82. The van der Waals surface area contributed by atoms with E-state index in [2.05, 4.69) is 21.9 Å². The Kier molecular flexibility index (Phi) is 6.21. The number of rotatable bonds is 7. The SMILES string of the molecule is C=C1COc2ncc(N3C[C@@H](CCNCCc4c(F)ccc5ccc(=O)n(C)c45)OC3=O)nc2C1. The highest BCUT2D eigenvalue weighted by molar-refractivity contribution is 5.88.